The van der Waals surface area contributed by atoms with Gasteiger partial charge in [-0.15, -0.1) is 10.2 Å². The van der Waals surface area contributed by atoms with Crippen molar-refractivity contribution < 1.29 is 18.0 Å². The van der Waals surface area contributed by atoms with E-state index in [-0.39, 0.29) is 10.9 Å². The number of carbonyl (C=O) groups is 1. The SMILES string of the molecule is Cc1nnc(SC(C)C(=O)Nc2ccc(F)c(F)c2F)[nH]c1=O. The zero-order chi connectivity index (χ0) is 17.1. The number of thioether (sulfide) groups is 1. The summed E-state index contributed by atoms with van der Waals surface area (Å²) in [5.74, 6) is -5.19. The monoisotopic (exact) mass is 344 g/mol. The number of amides is 1. The third-order valence-corrected chi connectivity index (χ3v) is 3.77. The third kappa shape index (κ3) is 3.89. The molecule has 0 aliphatic carbocycles. The summed E-state index contributed by atoms with van der Waals surface area (Å²) in [6.07, 6.45) is 0. The van der Waals surface area contributed by atoms with Gasteiger partial charge in [-0.3, -0.25) is 14.6 Å². The Morgan fingerprint density at radius 3 is 2.61 bits per heavy atom. The van der Waals surface area contributed by atoms with Crippen LogP contribution in [0.4, 0.5) is 18.9 Å². The molecule has 1 amide bonds. The maximum atomic E-state index is 13.5. The summed E-state index contributed by atoms with van der Waals surface area (Å²) in [7, 11) is 0. The number of nitrogens with one attached hydrogen (secondary N) is 2. The smallest absolute Gasteiger partial charge is 0.273 e. The van der Waals surface area contributed by atoms with E-state index in [1.54, 1.807) is 0 Å². The van der Waals surface area contributed by atoms with Crippen LogP contribution in [-0.2, 0) is 4.79 Å². The van der Waals surface area contributed by atoms with E-state index in [2.05, 4.69) is 20.5 Å². The van der Waals surface area contributed by atoms with Crippen LogP contribution in [-0.4, -0.2) is 26.3 Å². The van der Waals surface area contributed by atoms with Gasteiger partial charge in [0.25, 0.3) is 5.56 Å². The number of H-pyrrole nitrogens is 1. The molecule has 1 atom stereocenters. The molecule has 6 nitrogen and oxygen atoms in total. The third-order valence-electron chi connectivity index (χ3n) is 2.79. The topological polar surface area (TPSA) is 87.7 Å². The molecule has 23 heavy (non-hydrogen) atoms. The number of rotatable bonds is 4. The predicted molar refractivity (Wildman–Crippen MR) is 77.7 cm³/mol. The van der Waals surface area contributed by atoms with Crippen molar-refractivity contribution in [2.75, 3.05) is 5.32 Å². The summed E-state index contributed by atoms with van der Waals surface area (Å²) in [5, 5.41) is 8.77. The average Bonchev–Trinajstić information content (AvgIpc) is 2.51. The molecule has 1 heterocycles. The van der Waals surface area contributed by atoms with Crippen LogP contribution in [0.5, 0.6) is 0 Å². The Kier molecular flexibility index (Phi) is 5.04. The maximum absolute atomic E-state index is 13.5. The highest BCUT2D eigenvalue weighted by Crippen LogP contribution is 2.22. The minimum absolute atomic E-state index is 0.106. The van der Waals surface area contributed by atoms with Crippen molar-refractivity contribution in [2.45, 2.75) is 24.3 Å². The van der Waals surface area contributed by atoms with E-state index in [4.69, 9.17) is 0 Å². The van der Waals surface area contributed by atoms with Crippen molar-refractivity contribution in [3.8, 4) is 0 Å². The Balaban J connectivity index is 2.10. The number of anilines is 1. The molecule has 122 valence electrons. The fourth-order valence-electron chi connectivity index (χ4n) is 1.51. The van der Waals surface area contributed by atoms with E-state index < -0.39 is 39.9 Å². The van der Waals surface area contributed by atoms with Crippen LogP contribution >= 0.6 is 11.8 Å². The molecule has 1 aromatic carbocycles. The standard InChI is InChI=1S/C13H11F3N4O2S/c1-5-11(21)18-13(20-19-5)23-6(2)12(22)17-8-4-3-7(14)9(15)10(8)16/h3-4,6H,1-2H3,(H,17,22)(H,18,20,21). The number of nitrogens with zero attached hydrogens (tertiary/aromatic N) is 2. The molecule has 2 N–H and O–H groups in total. The second kappa shape index (κ2) is 6.82. The van der Waals surface area contributed by atoms with E-state index in [1.165, 1.54) is 13.8 Å². The number of aryl methyl sites for hydroxylation is 1. The molecule has 0 aliphatic heterocycles. The van der Waals surface area contributed by atoms with Crippen LogP contribution in [0.2, 0.25) is 0 Å². The molecule has 0 spiro atoms. The van der Waals surface area contributed by atoms with Gasteiger partial charge in [0.2, 0.25) is 5.91 Å². The molecule has 2 aromatic rings. The molecule has 10 heteroatoms. The number of hydrogen-bond donors (Lipinski definition) is 2. The van der Waals surface area contributed by atoms with Gasteiger partial charge in [0.05, 0.1) is 10.9 Å². The zero-order valence-corrected chi connectivity index (χ0v) is 12.8. The molecule has 0 saturated carbocycles. The molecular weight excluding hydrogens is 333 g/mol. The van der Waals surface area contributed by atoms with Gasteiger partial charge in [-0.1, -0.05) is 11.8 Å². The Hall–Kier alpha value is -2.36. The molecule has 0 aliphatic rings. The van der Waals surface area contributed by atoms with Crippen molar-refractivity contribution in [3.05, 3.63) is 45.6 Å². The first-order valence-corrected chi connectivity index (χ1v) is 7.22. The Labute approximate surface area is 132 Å². The normalized spacial score (nSPS) is 12.0. The Morgan fingerprint density at radius 1 is 1.26 bits per heavy atom. The number of halogens is 3. The molecule has 0 saturated heterocycles. The first-order valence-electron chi connectivity index (χ1n) is 6.34. The first-order chi connectivity index (χ1) is 10.8. The average molecular weight is 344 g/mol. The van der Waals surface area contributed by atoms with Crippen molar-refractivity contribution >= 4 is 23.4 Å². The minimum Gasteiger partial charge on any atom is -0.323 e. The van der Waals surface area contributed by atoms with Crippen LogP contribution in [0.15, 0.2) is 22.1 Å². The van der Waals surface area contributed by atoms with Gasteiger partial charge in [-0.2, -0.15) is 0 Å². The highest BCUT2D eigenvalue weighted by molar-refractivity contribution is 8.00. The summed E-state index contributed by atoms with van der Waals surface area (Å²) in [6, 6.07) is 1.62. The highest BCUT2D eigenvalue weighted by atomic mass is 32.2. The van der Waals surface area contributed by atoms with Gasteiger partial charge in [0, 0.05) is 0 Å². The van der Waals surface area contributed by atoms with E-state index in [0.717, 1.165) is 17.8 Å². The van der Waals surface area contributed by atoms with Gasteiger partial charge in [-0.25, -0.2) is 13.2 Å². The number of aromatic amines is 1. The van der Waals surface area contributed by atoms with Gasteiger partial charge >= 0.3 is 0 Å². The zero-order valence-electron chi connectivity index (χ0n) is 12.0. The fourth-order valence-corrected chi connectivity index (χ4v) is 2.25. The second-order valence-corrected chi connectivity index (χ2v) is 5.85. The van der Waals surface area contributed by atoms with E-state index in [0.29, 0.717) is 6.07 Å². The lowest BCUT2D eigenvalue weighted by atomic mass is 10.2. The summed E-state index contributed by atoms with van der Waals surface area (Å²) in [4.78, 5) is 25.8. The molecule has 1 unspecified atom stereocenters. The van der Waals surface area contributed by atoms with E-state index >= 15 is 0 Å². The molecule has 0 bridgehead atoms. The lowest BCUT2D eigenvalue weighted by Crippen LogP contribution is -2.24. The lowest BCUT2D eigenvalue weighted by molar-refractivity contribution is -0.115. The van der Waals surface area contributed by atoms with Gasteiger partial charge < -0.3 is 5.32 Å². The van der Waals surface area contributed by atoms with E-state index in [1.807, 2.05) is 0 Å². The lowest BCUT2D eigenvalue weighted by Gasteiger charge is -2.12. The quantitative estimate of drug-likeness (QED) is 0.654. The summed E-state index contributed by atoms with van der Waals surface area (Å²) >= 11 is 0.876. The van der Waals surface area contributed by atoms with Crippen LogP contribution in [0.25, 0.3) is 0 Å². The van der Waals surface area contributed by atoms with Crippen LogP contribution in [0.1, 0.15) is 12.6 Å². The number of hydrogen-bond acceptors (Lipinski definition) is 5. The number of benzene rings is 1. The van der Waals surface area contributed by atoms with Crippen molar-refractivity contribution in [3.63, 3.8) is 0 Å². The minimum atomic E-state index is -1.67. The number of carbonyl (C=O) groups excluding carboxylic acids is 1. The maximum Gasteiger partial charge on any atom is 0.273 e. The second-order valence-electron chi connectivity index (χ2n) is 4.52. The molecule has 0 fully saturated rings. The molecular formula is C13H11F3N4O2S. The highest BCUT2D eigenvalue weighted by Gasteiger charge is 2.20. The Bertz CT molecular complexity index is 812. The first kappa shape index (κ1) is 17.0. The largest absolute Gasteiger partial charge is 0.323 e. The predicted octanol–water partition coefficient (Wildman–Crippen LogP) is 2.01. The summed E-state index contributed by atoms with van der Waals surface area (Å²) in [5.41, 5.74) is -0.748. The van der Waals surface area contributed by atoms with Gasteiger partial charge in [0.15, 0.2) is 22.6 Å². The molecule has 0 radical (unpaired) electrons. The van der Waals surface area contributed by atoms with Gasteiger partial charge in [-0.05, 0) is 26.0 Å². The van der Waals surface area contributed by atoms with Crippen LogP contribution in [0.3, 0.4) is 0 Å². The van der Waals surface area contributed by atoms with Crippen molar-refractivity contribution in [1.82, 2.24) is 15.2 Å². The number of aromatic nitrogens is 3. The molecule has 1 aromatic heterocycles. The summed E-state index contributed by atoms with van der Waals surface area (Å²) in [6.45, 7) is 2.94. The summed E-state index contributed by atoms with van der Waals surface area (Å²) < 4.78 is 39.4. The Morgan fingerprint density at radius 2 is 1.96 bits per heavy atom. The molecule has 2 rings (SSSR count). The van der Waals surface area contributed by atoms with Crippen molar-refractivity contribution in [2.24, 2.45) is 0 Å². The van der Waals surface area contributed by atoms with E-state index in [9.17, 15) is 22.8 Å². The van der Waals surface area contributed by atoms with Crippen LogP contribution < -0.4 is 10.9 Å². The van der Waals surface area contributed by atoms with Gasteiger partial charge in [0.1, 0.15) is 5.69 Å². The fraction of sp³-hybridized carbons (Fsp3) is 0.231. The van der Waals surface area contributed by atoms with Crippen molar-refractivity contribution in [1.29, 1.82) is 0 Å². The van der Waals surface area contributed by atoms with Crippen LogP contribution in [0, 0.1) is 24.4 Å².